The van der Waals surface area contributed by atoms with Crippen LogP contribution in [0, 0.1) is 0 Å². The van der Waals surface area contributed by atoms with Gasteiger partial charge in [0.25, 0.3) is 0 Å². The fraction of sp³-hybridized carbons (Fsp3) is 0.778. The van der Waals surface area contributed by atoms with E-state index < -0.39 is 11.4 Å². The molecule has 0 aliphatic carbocycles. The molecule has 0 atom stereocenters. The first-order valence-corrected chi connectivity index (χ1v) is 4.71. The first-order valence-electron chi connectivity index (χ1n) is 4.71. The summed E-state index contributed by atoms with van der Waals surface area (Å²) in [7, 11) is 0. The van der Waals surface area contributed by atoms with Gasteiger partial charge in [-0.25, -0.2) is 0 Å². The molecular formula is C9H19N3O2. The van der Waals surface area contributed by atoms with Crippen molar-refractivity contribution in [1.82, 2.24) is 5.32 Å². The third-order valence-corrected chi connectivity index (χ3v) is 1.93. The SMILES string of the molecule is CC(C)(NC(=O)CCCCN)C(N)=O. The maximum atomic E-state index is 11.3. The van der Waals surface area contributed by atoms with E-state index in [0.717, 1.165) is 12.8 Å². The van der Waals surface area contributed by atoms with Crippen molar-refractivity contribution in [3.63, 3.8) is 0 Å². The maximum absolute atomic E-state index is 11.3. The molecule has 0 fully saturated rings. The minimum atomic E-state index is -0.972. The molecule has 0 aromatic rings. The van der Waals surface area contributed by atoms with E-state index in [1.165, 1.54) is 0 Å². The van der Waals surface area contributed by atoms with E-state index in [0.29, 0.717) is 13.0 Å². The molecule has 0 aromatic carbocycles. The van der Waals surface area contributed by atoms with Gasteiger partial charge in [0, 0.05) is 6.42 Å². The van der Waals surface area contributed by atoms with Crippen LogP contribution in [0.5, 0.6) is 0 Å². The van der Waals surface area contributed by atoms with Gasteiger partial charge in [-0.15, -0.1) is 0 Å². The minimum Gasteiger partial charge on any atom is -0.368 e. The fourth-order valence-corrected chi connectivity index (χ4v) is 0.903. The summed E-state index contributed by atoms with van der Waals surface area (Å²) in [6.07, 6.45) is 1.93. The molecule has 5 nitrogen and oxygen atoms in total. The van der Waals surface area contributed by atoms with Crippen molar-refractivity contribution >= 4 is 11.8 Å². The topological polar surface area (TPSA) is 98.2 Å². The van der Waals surface area contributed by atoms with E-state index in [4.69, 9.17) is 11.5 Å². The number of hydrogen-bond donors (Lipinski definition) is 3. The van der Waals surface area contributed by atoms with E-state index >= 15 is 0 Å². The van der Waals surface area contributed by atoms with Gasteiger partial charge in [0.2, 0.25) is 11.8 Å². The van der Waals surface area contributed by atoms with Crippen LogP contribution in [-0.4, -0.2) is 23.9 Å². The molecule has 0 aliphatic rings. The second-order valence-corrected chi connectivity index (χ2v) is 3.78. The Morgan fingerprint density at radius 2 is 1.86 bits per heavy atom. The van der Waals surface area contributed by atoms with Crippen molar-refractivity contribution in [1.29, 1.82) is 0 Å². The zero-order valence-electron chi connectivity index (χ0n) is 8.80. The average molecular weight is 201 g/mol. The summed E-state index contributed by atoms with van der Waals surface area (Å²) in [6.45, 7) is 3.73. The number of hydrogen-bond acceptors (Lipinski definition) is 3. The standard InChI is InChI=1S/C9H19N3O2/c1-9(2,8(11)14)12-7(13)5-3-4-6-10/h3-6,10H2,1-2H3,(H2,11,14)(H,12,13). The largest absolute Gasteiger partial charge is 0.368 e. The Morgan fingerprint density at radius 1 is 1.29 bits per heavy atom. The predicted octanol–water partition coefficient (Wildman–Crippen LogP) is -0.504. The van der Waals surface area contributed by atoms with Crippen LogP contribution in [0.3, 0.4) is 0 Å². The summed E-state index contributed by atoms with van der Waals surface area (Å²) in [5.74, 6) is -0.702. The fourth-order valence-electron chi connectivity index (χ4n) is 0.903. The maximum Gasteiger partial charge on any atom is 0.242 e. The molecule has 0 unspecified atom stereocenters. The summed E-state index contributed by atoms with van der Waals surface area (Å²) >= 11 is 0. The Kier molecular flexibility index (Phi) is 5.15. The monoisotopic (exact) mass is 201 g/mol. The van der Waals surface area contributed by atoms with Crippen molar-refractivity contribution < 1.29 is 9.59 Å². The Hall–Kier alpha value is -1.10. The quantitative estimate of drug-likeness (QED) is 0.505. The van der Waals surface area contributed by atoms with Crippen molar-refractivity contribution in [2.24, 2.45) is 11.5 Å². The van der Waals surface area contributed by atoms with E-state index in [2.05, 4.69) is 5.32 Å². The van der Waals surface area contributed by atoms with Crippen LogP contribution in [0.1, 0.15) is 33.1 Å². The molecule has 5 N–H and O–H groups in total. The van der Waals surface area contributed by atoms with Crippen molar-refractivity contribution in [2.45, 2.75) is 38.6 Å². The molecule has 0 saturated heterocycles. The number of nitrogens with one attached hydrogen (secondary N) is 1. The van der Waals surface area contributed by atoms with Gasteiger partial charge >= 0.3 is 0 Å². The van der Waals surface area contributed by atoms with Crippen LogP contribution in [-0.2, 0) is 9.59 Å². The van der Waals surface area contributed by atoms with E-state index in [1.807, 2.05) is 0 Å². The number of amides is 2. The molecule has 0 rings (SSSR count). The molecular weight excluding hydrogens is 182 g/mol. The highest BCUT2D eigenvalue weighted by Gasteiger charge is 2.26. The normalized spacial score (nSPS) is 11.1. The van der Waals surface area contributed by atoms with Gasteiger partial charge in [0.05, 0.1) is 0 Å². The van der Waals surface area contributed by atoms with Crippen molar-refractivity contribution in [3.8, 4) is 0 Å². The molecule has 0 aromatic heterocycles. The molecule has 0 bridgehead atoms. The van der Waals surface area contributed by atoms with Gasteiger partial charge in [-0.3, -0.25) is 9.59 Å². The lowest BCUT2D eigenvalue weighted by molar-refractivity contribution is -0.130. The van der Waals surface area contributed by atoms with Gasteiger partial charge in [-0.2, -0.15) is 0 Å². The number of carbonyl (C=O) groups is 2. The lowest BCUT2D eigenvalue weighted by atomic mass is 10.0. The lowest BCUT2D eigenvalue weighted by Gasteiger charge is -2.22. The minimum absolute atomic E-state index is 0.165. The Labute approximate surface area is 84.2 Å². The van der Waals surface area contributed by atoms with Gasteiger partial charge in [-0.05, 0) is 33.2 Å². The van der Waals surface area contributed by atoms with Crippen molar-refractivity contribution in [3.05, 3.63) is 0 Å². The van der Waals surface area contributed by atoms with E-state index in [1.54, 1.807) is 13.8 Å². The molecule has 2 amide bonds. The highest BCUT2D eigenvalue weighted by Crippen LogP contribution is 2.02. The Bertz CT molecular complexity index is 214. The summed E-state index contributed by atoms with van der Waals surface area (Å²) in [5.41, 5.74) is 9.41. The molecule has 0 aliphatic heterocycles. The van der Waals surface area contributed by atoms with Gasteiger partial charge in [-0.1, -0.05) is 0 Å². The van der Waals surface area contributed by atoms with Crippen LogP contribution in [0.15, 0.2) is 0 Å². The Balaban J connectivity index is 3.88. The molecule has 0 radical (unpaired) electrons. The number of carbonyl (C=O) groups excluding carboxylic acids is 2. The number of nitrogens with two attached hydrogens (primary N) is 2. The van der Waals surface area contributed by atoms with E-state index in [-0.39, 0.29) is 5.91 Å². The van der Waals surface area contributed by atoms with Crippen LogP contribution >= 0.6 is 0 Å². The zero-order chi connectivity index (χ0) is 11.2. The first kappa shape index (κ1) is 12.9. The van der Waals surface area contributed by atoms with E-state index in [9.17, 15) is 9.59 Å². The van der Waals surface area contributed by atoms with Crippen LogP contribution in [0.4, 0.5) is 0 Å². The van der Waals surface area contributed by atoms with Gasteiger partial charge in [0.1, 0.15) is 5.54 Å². The third-order valence-electron chi connectivity index (χ3n) is 1.93. The summed E-state index contributed by atoms with van der Waals surface area (Å²) < 4.78 is 0. The summed E-state index contributed by atoms with van der Waals surface area (Å²) in [5, 5.41) is 2.56. The summed E-state index contributed by atoms with van der Waals surface area (Å²) in [6, 6.07) is 0. The molecule has 5 heteroatoms. The molecule has 0 heterocycles. The van der Waals surface area contributed by atoms with Crippen LogP contribution < -0.4 is 16.8 Å². The lowest BCUT2D eigenvalue weighted by Crippen LogP contribution is -2.52. The second-order valence-electron chi connectivity index (χ2n) is 3.78. The van der Waals surface area contributed by atoms with Crippen LogP contribution in [0.25, 0.3) is 0 Å². The molecule has 0 spiro atoms. The number of rotatable bonds is 6. The highest BCUT2D eigenvalue weighted by atomic mass is 16.2. The second kappa shape index (κ2) is 5.59. The van der Waals surface area contributed by atoms with Crippen molar-refractivity contribution in [2.75, 3.05) is 6.54 Å². The Morgan fingerprint density at radius 3 is 2.29 bits per heavy atom. The van der Waals surface area contributed by atoms with Crippen LogP contribution in [0.2, 0.25) is 0 Å². The van der Waals surface area contributed by atoms with Gasteiger partial charge < -0.3 is 16.8 Å². The molecule has 0 saturated carbocycles. The molecule has 14 heavy (non-hydrogen) atoms. The highest BCUT2D eigenvalue weighted by molar-refractivity contribution is 5.89. The zero-order valence-corrected chi connectivity index (χ0v) is 8.80. The van der Waals surface area contributed by atoms with Gasteiger partial charge in [0.15, 0.2) is 0 Å². The third kappa shape index (κ3) is 4.81. The average Bonchev–Trinajstić information content (AvgIpc) is 2.03. The predicted molar refractivity (Wildman–Crippen MR) is 54.3 cm³/mol. The summed E-state index contributed by atoms with van der Waals surface area (Å²) in [4.78, 5) is 22.2. The first-order chi connectivity index (χ1) is 6.40. The smallest absolute Gasteiger partial charge is 0.242 e. The number of primary amides is 1. The number of unbranched alkanes of at least 4 members (excludes halogenated alkanes) is 1. The molecule has 82 valence electrons.